The summed E-state index contributed by atoms with van der Waals surface area (Å²) in [5.41, 5.74) is -0.202. The second-order valence-electron chi connectivity index (χ2n) is 5.59. The van der Waals surface area contributed by atoms with Crippen LogP contribution in [0.1, 0.15) is 5.56 Å². The maximum atomic E-state index is 12.6. The molecule has 1 aromatic carbocycles. The fourth-order valence-electron chi connectivity index (χ4n) is 2.41. The van der Waals surface area contributed by atoms with Gasteiger partial charge in [0.25, 0.3) is 5.56 Å². The average Bonchev–Trinajstić information content (AvgIpc) is 2.71. The van der Waals surface area contributed by atoms with E-state index < -0.39 is 29.9 Å². The Morgan fingerprint density at radius 1 is 1.21 bits per heavy atom. The molecule has 0 bridgehead atoms. The Labute approximate surface area is 157 Å². The van der Waals surface area contributed by atoms with Gasteiger partial charge in [-0.25, -0.2) is 14.2 Å². The summed E-state index contributed by atoms with van der Waals surface area (Å²) in [7, 11) is 1.11. The number of fused-ring (bicyclic) bond motifs is 1. The summed E-state index contributed by atoms with van der Waals surface area (Å²) in [6.07, 6.45) is 2.15. The summed E-state index contributed by atoms with van der Waals surface area (Å²) in [5.74, 6) is -1.76. The van der Waals surface area contributed by atoms with E-state index in [0.717, 1.165) is 12.7 Å². The minimum Gasteiger partial charge on any atom is -0.437 e. The van der Waals surface area contributed by atoms with Gasteiger partial charge in [0.15, 0.2) is 11.3 Å². The molecular weight excluding hydrogens is 370 g/mol. The summed E-state index contributed by atoms with van der Waals surface area (Å²) >= 11 is 0. The van der Waals surface area contributed by atoms with Crippen molar-refractivity contribution in [2.45, 2.75) is 13.1 Å². The number of aromatic nitrogens is 2. The van der Waals surface area contributed by atoms with Crippen molar-refractivity contribution in [2.24, 2.45) is 0 Å². The zero-order valence-corrected chi connectivity index (χ0v) is 14.7. The fourth-order valence-corrected chi connectivity index (χ4v) is 2.41. The van der Waals surface area contributed by atoms with Gasteiger partial charge in [-0.05, 0) is 23.8 Å². The van der Waals surface area contributed by atoms with E-state index >= 15 is 0 Å². The summed E-state index contributed by atoms with van der Waals surface area (Å²) in [6.45, 7) is -0.336. The molecule has 0 aliphatic carbocycles. The van der Waals surface area contributed by atoms with Gasteiger partial charge in [-0.15, -0.1) is 0 Å². The molecule has 0 radical (unpaired) electrons. The van der Waals surface area contributed by atoms with Crippen molar-refractivity contribution in [2.75, 3.05) is 7.11 Å². The van der Waals surface area contributed by atoms with E-state index in [0.29, 0.717) is 4.57 Å². The van der Waals surface area contributed by atoms with Crippen LogP contribution in [-0.4, -0.2) is 28.7 Å². The number of carbonyl (C=O) groups excluding carboxylic acids is 2. The molecule has 0 spiro atoms. The van der Waals surface area contributed by atoms with Crippen molar-refractivity contribution in [3.05, 3.63) is 69.2 Å². The molecule has 0 saturated carbocycles. The van der Waals surface area contributed by atoms with Crippen molar-refractivity contribution in [1.82, 2.24) is 14.9 Å². The Morgan fingerprint density at radius 3 is 2.75 bits per heavy atom. The predicted molar refractivity (Wildman–Crippen MR) is 95.9 cm³/mol. The van der Waals surface area contributed by atoms with Crippen LogP contribution in [0.4, 0.5) is 4.79 Å². The topological polar surface area (TPSA) is 130 Å². The van der Waals surface area contributed by atoms with Gasteiger partial charge < -0.3 is 19.2 Å². The lowest BCUT2D eigenvalue weighted by Crippen LogP contribution is -2.39. The lowest BCUT2D eigenvalue weighted by atomic mass is 10.2. The van der Waals surface area contributed by atoms with E-state index in [9.17, 15) is 19.2 Å². The lowest BCUT2D eigenvalue weighted by Gasteiger charge is -2.08. The van der Waals surface area contributed by atoms with Gasteiger partial charge in [0, 0.05) is 18.9 Å². The van der Waals surface area contributed by atoms with Crippen LogP contribution in [0.5, 0.6) is 5.75 Å². The van der Waals surface area contributed by atoms with Gasteiger partial charge in [-0.2, -0.15) is 0 Å². The number of methoxy groups -OCH3 is 1. The third-order valence-corrected chi connectivity index (χ3v) is 3.74. The molecule has 1 N–H and O–H groups in total. The zero-order valence-electron chi connectivity index (χ0n) is 14.7. The molecule has 0 atom stereocenters. The molecule has 0 fully saturated rings. The molecule has 2 heterocycles. The van der Waals surface area contributed by atoms with Gasteiger partial charge in [0.05, 0.1) is 12.5 Å². The molecule has 0 unspecified atom stereocenters. The number of nitrogens with one attached hydrogen (secondary N) is 1. The van der Waals surface area contributed by atoms with Crippen LogP contribution >= 0.6 is 0 Å². The van der Waals surface area contributed by atoms with Crippen LogP contribution < -0.4 is 21.4 Å². The maximum absolute atomic E-state index is 12.6. The van der Waals surface area contributed by atoms with E-state index in [1.807, 2.05) is 0 Å². The van der Waals surface area contributed by atoms with Crippen LogP contribution in [-0.2, 0) is 22.6 Å². The molecule has 1 amide bonds. The standard InChI is InChI=1S/C18H15N3O7/c1-26-18(25)27-13-6-2-5-12-15(13)28-17(24)21(16(12)23)10-14(22)20-9-11-4-3-7-19-8-11/h2-8H,9-10H2,1H3,(H,20,22). The first-order valence-corrected chi connectivity index (χ1v) is 8.07. The van der Waals surface area contributed by atoms with Gasteiger partial charge in [0.1, 0.15) is 6.54 Å². The van der Waals surface area contributed by atoms with Gasteiger partial charge in [-0.3, -0.25) is 14.6 Å². The van der Waals surface area contributed by atoms with E-state index in [2.05, 4.69) is 15.0 Å². The first-order chi connectivity index (χ1) is 13.5. The SMILES string of the molecule is COC(=O)Oc1cccc2c(=O)n(CC(=O)NCc3cccnc3)c(=O)oc12. The van der Waals surface area contributed by atoms with Crippen LogP contribution in [0.2, 0.25) is 0 Å². The Kier molecular flexibility index (Phi) is 5.49. The monoisotopic (exact) mass is 385 g/mol. The molecule has 2 aromatic heterocycles. The predicted octanol–water partition coefficient (Wildman–Crippen LogP) is 0.811. The first kappa shape index (κ1) is 18.8. The molecule has 3 aromatic rings. The minimum absolute atomic E-state index is 0.0268. The van der Waals surface area contributed by atoms with Crippen molar-refractivity contribution in [3.8, 4) is 5.75 Å². The number of hydrogen-bond acceptors (Lipinski definition) is 8. The Hall–Kier alpha value is -3.95. The Bertz CT molecular complexity index is 1140. The number of amides is 1. The van der Waals surface area contributed by atoms with Gasteiger partial charge in [-0.1, -0.05) is 12.1 Å². The number of para-hydroxylation sites is 1. The van der Waals surface area contributed by atoms with E-state index in [1.165, 1.54) is 18.2 Å². The summed E-state index contributed by atoms with van der Waals surface area (Å²) < 4.78 is 15.0. The van der Waals surface area contributed by atoms with Gasteiger partial charge in [0.2, 0.25) is 5.91 Å². The maximum Gasteiger partial charge on any atom is 0.513 e. The molecule has 0 saturated heterocycles. The van der Waals surface area contributed by atoms with E-state index in [4.69, 9.17) is 9.15 Å². The average molecular weight is 385 g/mol. The summed E-state index contributed by atoms with van der Waals surface area (Å²) in [4.78, 5) is 52.2. The van der Waals surface area contributed by atoms with E-state index in [1.54, 1.807) is 24.5 Å². The smallest absolute Gasteiger partial charge is 0.437 e. The number of nitrogens with zero attached hydrogens (tertiary/aromatic N) is 2. The number of hydrogen-bond donors (Lipinski definition) is 1. The Morgan fingerprint density at radius 2 is 2.04 bits per heavy atom. The molecule has 3 rings (SSSR count). The largest absolute Gasteiger partial charge is 0.513 e. The number of carbonyl (C=O) groups is 2. The van der Waals surface area contributed by atoms with Crippen LogP contribution in [0, 0.1) is 0 Å². The first-order valence-electron chi connectivity index (χ1n) is 8.07. The van der Waals surface area contributed by atoms with Gasteiger partial charge >= 0.3 is 11.9 Å². The quantitative estimate of drug-likeness (QED) is 0.504. The molecular formula is C18H15N3O7. The van der Waals surface area contributed by atoms with E-state index in [-0.39, 0.29) is 23.3 Å². The second-order valence-corrected chi connectivity index (χ2v) is 5.59. The van der Waals surface area contributed by atoms with Crippen LogP contribution in [0.25, 0.3) is 11.0 Å². The number of pyridine rings is 1. The fraction of sp³-hybridized carbons (Fsp3) is 0.167. The highest BCUT2D eigenvalue weighted by molar-refractivity contribution is 5.84. The number of rotatable bonds is 5. The lowest BCUT2D eigenvalue weighted by molar-refractivity contribution is -0.122. The summed E-state index contributed by atoms with van der Waals surface area (Å²) in [5, 5.41) is 2.56. The highest BCUT2D eigenvalue weighted by Gasteiger charge is 2.17. The molecule has 144 valence electrons. The molecule has 0 aliphatic heterocycles. The summed E-state index contributed by atoms with van der Waals surface area (Å²) in [6, 6.07) is 7.65. The molecule has 0 aliphatic rings. The van der Waals surface area contributed by atoms with Crippen molar-refractivity contribution in [1.29, 1.82) is 0 Å². The zero-order chi connectivity index (χ0) is 20.1. The number of ether oxygens (including phenoxy) is 2. The third-order valence-electron chi connectivity index (χ3n) is 3.74. The second kappa shape index (κ2) is 8.16. The highest BCUT2D eigenvalue weighted by Crippen LogP contribution is 2.22. The third kappa shape index (κ3) is 4.06. The van der Waals surface area contributed by atoms with Crippen molar-refractivity contribution in [3.63, 3.8) is 0 Å². The highest BCUT2D eigenvalue weighted by atomic mass is 16.7. The van der Waals surface area contributed by atoms with Crippen LogP contribution in [0.15, 0.2) is 56.7 Å². The van der Waals surface area contributed by atoms with Crippen LogP contribution in [0.3, 0.4) is 0 Å². The molecule has 28 heavy (non-hydrogen) atoms. The normalized spacial score (nSPS) is 10.5. The van der Waals surface area contributed by atoms with Crippen molar-refractivity contribution < 1.29 is 23.5 Å². The minimum atomic E-state index is -1.06. The molecule has 10 heteroatoms. The Balaban J connectivity index is 1.86. The number of benzene rings is 1. The molecule has 10 nitrogen and oxygen atoms in total. The van der Waals surface area contributed by atoms with Crippen molar-refractivity contribution >= 4 is 23.0 Å².